The Morgan fingerprint density at radius 3 is 1.52 bits per heavy atom. The molecule has 6 aromatic heterocycles. The summed E-state index contributed by atoms with van der Waals surface area (Å²) in [5, 5.41) is 11.3. The van der Waals surface area contributed by atoms with Crippen molar-refractivity contribution < 1.29 is 28.7 Å². The monoisotopic (exact) mass is 1050 g/mol. The minimum absolute atomic E-state index is 0.00176. The fourth-order valence-corrected chi connectivity index (χ4v) is 12.0. The van der Waals surface area contributed by atoms with Crippen LogP contribution in [0.15, 0.2) is 61.2 Å². The van der Waals surface area contributed by atoms with Gasteiger partial charge in [0.05, 0.1) is 35.6 Å². The van der Waals surface area contributed by atoms with Gasteiger partial charge in [-0.15, -0.1) is 0 Å². The number of rotatable bonds is 10. The number of hydrogen-bond donors (Lipinski definition) is 3. The van der Waals surface area contributed by atoms with Gasteiger partial charge in [-0.2, -0.15) is 9.97 Å². The van der Waals surface area contributed by atoms with Gasteiger partial charge in [-0.05, 0) is 82.9 Å². The van der Waals surface area contributed by atoms with Crippen LogP contribution in [0.3, 0.4) is 0 Å². The van der Waals surface area contributed by atoms with Crippen LogP contribution < -0.4 is 25.8 Å². The van der Waals surface area contributed by atoms with Crippen molar-refractivity contribution in [2.75, 3.05) is 87.9 Å². The molecule has 5 amide bonds. The van der Waals surface area contributed by atoms with Gasteiger partial charge in [0.1, 0.15) is 39.9 Å². The van der Waals surface area contributed by atoms with Gasteiger partial charge in [0.15, 0.2) is 0 Å². The SMILES string of the molecule is CN(C)C(=O)c1cc2cnc(Nc3ccc(N4CC5CN(C(=O)OC(C)(C)C)CC5C4=O)cn3)nc2n1C1CCCC1.CN(C)C(=O)c1cc2cnc(Nc3ccc(N4CC5CNCC5C4=O)cn3)nc2n1C1CCCC1. The lowest BCUT2D eigenvalue weighted by Crippen LogP contribution is -2.38. The van der Waals surface area contributed by atoms with Crippen molar-refractivity contribution in [1.82, 2.24) is 59.1 Å². The first-order chi connectivity index (χ1) is 37.0. The molecule has 22 nitrogen and oxygen atoms in total. The Kier molecular flexibility index (Phi) is 13.8. The van der Waals surface area contributed by atoms with Crippen LogP contribution in [0, 0.1) is 23.7 Å². The summed E-state index contributed by atoms with van der Waals surface area (Å²) in [6.45, 7) is 9.29. The van der Waals surface area contributed by atoms with Gasteiger partial charge < -0.3 is 54.3 Å². The second kappa shape index (κ2) is 20.7. The Hall–Kier alpha value is -7.75. The lowest BCUT2D eigenvalue weighted by molar-refractivity contribution is -0.121. The molecule has 0 spiro atoms. The highest BCUT2D eigenvalue weighted by Crippen LogP contribution is 2.39. The number of nitrogens with zero attached hydrogens (tertiary/aromatic N) is 13. The summed E-state index contributed by atoms with van der Waals surface area (Å²) < 4.78 is 9.66. The second-order valence-corrected chi connectivity index (χ2v) is 22.7. The van der Waals surface area contributed by atoms with E-state index >= 15 is 0 Å². The van der Waals surface area contributed by atoms with Gasteiger partial charge in [-0.3, -0.25) is 19.2 Å². The van der Waals surface area contributed by atoms with Crippen molar-refractivity contribution in [2.24, 2.45) is 23.7 Å². The molecule has 4 aliphatic heterocycles. The molecule has 6 fully saturated rings. The van der Waals surface area contributed by atoms with Crippen LogP contribution in [0.4, 0.5) is 39.7 Å². The van der Waals surface area contributed by atoms with Crippen LogP contribution in [-0.4, -0.2) is 157 Å². The summed E-state index contributed by atoms with van der Waals surface area (Å²) >= 11 is 0. The number of carbonyl (C=O) groups excluding carboxylic acids is 5. The second-order valence-electron chi connectivity index (χ2n) is 22.7. The molecule has 22 heteroatoms. The smallest absolute Gasteiger partial charge is 0.410 e. The normalized spacial score (nSPS) is 21.5. The number of pyridine rings is 2. The average Bonchev–Trinajstić information content (AvgIpc) is 4.37. The molecule has 3 N–H and O–H groups in total. The molecule has 6 aliphatic rings. The summed E-state index contributed by atoms with van der Waals surface area (Å²) in [7, 11) is 7.05. The molecule has 77 heavy (non-hydrogen) atoms. The molecule has 0 bridgehead atoms. The van der Waals surface area contributed by atoms with E-state index in [-0.39, 0.29) is 59.6 Å². The maximum Gasteiger partial charge on any atom is 0.410 e. The zero-order valence-electron chi connectivity index (χ0n) is 44.9. The number of fused-ring (bicyclic) bond motifs is 4. The lowest BCUT2D eigenvalue weighted by Gasteiger charge is -2.26. The van der Waals surface area contributed by atoms with E-state index in [4.69, 9.17) is 14.7 Å². The van der Waals surface area contributed by atoms with Gasteiger partial charge in [-0.1, -0.05) is 25.7 Å². The van der Waals surface area contributed by atoms with Crippen molar-refractivity contribution in [3.8, 4) is 0 Å². The number of anilines is 6. The van der Waals surface area contributed by atoms with Crippen LogP contribution >= 0.6 is 0 Å². The molecule has 0 aromatic carbocycles. The lowest BCUT2D eigenvalue weighted by atomic mass is 10.0. The molecule has 6 aromatic rings. The van der Waals surface area contributed by atoms with Gasteiger partial charge >= 0.3 is 6.09 Å². The third-order valence-corrected chi connectivity index (χ3v) is 15.8. The Bertz CT molecular complexity index is 3230. The van der Waals surface area contributed by atoms with Crippen molar-refractivity contribution in [3.63, 3.8) is 0 Å². The van der Waals surface area contributed by atoms with Gasteiger partial charge in [0.2, 0.25) is 23.7 Å². The minimum atomic E-state index is -0.572. The van der Waals surface area contributed by atoms with E-state index in [2.05, 4.69) is 45.0 Å². The van der Waals surface area contributed by atoms with Crippen molar-refractivity contribution in [2.45, 2.75) is 89.8 Å². The molecule has 12 rings (SSSR count). The standard InChI is InChI=1S/C30H38N8O4.C25H30N8O2/c1-30(2,3)42-29(41)36-15-19-16-37(26(39)22(19)17-36)21-10-11-24(31-14-21)33-28-32-13-18-12-23(27(40)35(4)5)38(25(18)34-28)20-8-6-7-9-20;1-31(2)24(35)20-9-15-11-28-25(30-22(15)33(20)17-5-3-4-6-17)29-21-8-7-18(12-27-21)32-14-16-10-26-13-19(16)23(32)34/h10-14,19-20,22H,6-9,15-17H2,1-5H3,(H,31,32,33,34);7-9,11-12,16-17,19,26H,3-6,10,13-14H2,1-2H3,(H,27,28,29,30). The van der Waals surface area contributed by atoms with Crippen LogP contribution in [0.25, 0.3) is 22.1 Å². The maximum absolute atomic E-state index is 13.2. The highest BCUT2D eigenvalue weighted by molar-refractivity contribution is 6.00. The summed E-state index contributed by atoms with van der Waals surface area (Å²) in [6, 6.07) is 11.7. The number of likely N-dealkylation sites (tertiary alicyclic amines) is 1. The molecule has 2 aliphatic carbocycles. The number of amides is 5. The summed E-state index contributed by atoms with van der Waals surface area (Å²) in [5.74, 6) is 2.32. The number of carbonyl (C=O) groups is 5. The van der Waals surface area contributed by atoms with Gasteiger partial charge in [-0.25, -0.2) is 24.7 Å². The molecule has 4 unspecified atom stereocenters. The first-order valence-corrected chi connectivity index (χ1v) is 26.9. The van der Waals surface area contributed by atoms with E-state index in [9.17, 15) is 24.0 Å². The predicted octanol–water partition coefficient (Wildman–Crippen LogP) is 6.79. The van der Waals surface area contributed by atoms with Gasteiger partial charge in [0.25, 0.3) is 11.8 Å². The molecule has 2 saturated carbocycles. The Labute approximate surface area is 447 Å². The molecule has 404 valence electrons. The van der Waals surface area contributed by atoms with Crippen LogP contribution in [-0.2, 0) is 14.3 Å². The highest BCUT2D eigenvalue weighted by Gasteiger charge is 2.49. The number of aromatic nitrogens is 8. The summed E-state index contributed by atoms with van der Waals surface area (Å²) in [4.78, 5) is 100. The Balaban J connectivity index is 0.000000166. The molecule has 4 saturated heterocycles. The third-order valence-electron chi connectivity index (χ3n) is 15.8. The minimum Gasteiger partial charge on any atom is -0.444 e. The zero-order chi connectivity index (χ0) is 53.9. The van der Waals surface area contributed by atoms with Crippen LogP contribution in [0.2, 0.25) is 0 Å². The molecular weight excluding hydrogens is 981 g/mol. The first-order valence-electron chi connectivity index (χ1n) is 26.9. The Morgan fingerprint density at radius 2 is 1.09 bits per heavy atom. The fourth-order valence-electron chi connectivity index (χ4n) is 12.0. The third kappa shape index (κ3) is 10.2. The summed E-state index contributed by atoms with van der Waals surface area (Å²) in [6.07, 6.45) is 15.2. The van der Waals surface area contributed by atoms with E-state index in [1.807, 2.05) is 56.0 Å². The average molecular weight is 1050 g/mol. The number of hydrogen-bond acceptors (Lipinski definition) is 15. The largest absolute Gasteiger partial charge is 0.444 e. The van der Waals surface area contributed by atoms with Crippen molar-refractivity contribution in [1.29, 1.82) is 0 Å². The van der Waals surface area contributed by atoms with E-state index in [1.165, 1.54) is 0 Å². The van der Waals surface area contributed by atoms with E-state index in [0.29, 0.717) is 66.2 Å². The summed E-state index contributed by atoms with van der Waals surface area (Å²) in [5.41, 5.74) is 3.73. The molecule has 0 radical (unpaired) electrons. The van der Waals surface area contributed by atoms with Crippen molar-refractivity contribution >= 4 is 86.7 Å². The molecule has 10 heterocycles. The predicted molar refractivity (Wildman–Crippen MR) is 290 cm³/mol. The number of ether oxygens (including phenoxy) is 1. The fraction of sp³-hybridized carbons (Fsp3) is 0.509. The maximum atomic E-state index is 13.2. The van der Waals surface area contributed by atoms with Gasteiger partial charge in [0, 0.05) is 115 Å². The number of nitrogens with one attached hydrogen (secondary N) is 3. The zero-order valence-corrected chi connectivity index (χ0v) is 44.9. The first kappa shape index (κ1) is 51.4. The van der Waals surface area contributed by atoms with E-state index < -0.39 is 5.60 Å². The quantitative estimate of drug-likeness (QED) is 0.128. The topological polar surface area (TPSA) is 234 Å². The Morgan fingerprint density at radius 1 is 0.610 bits per heavy atom. The van der Waals surface area contributed by atoms with Crippen molar-refractivity contribution in [3.05, 3.63) is 72.6 Å². The van der Waals surface area contributed by atoms with E-state index in [1.54, 1.807) is 78.6 Å². The molecular formula is C55H68N16O6. The highest BCUT2D eigenvalue weighted by atomic mass is 16.6. The molecule has 4 atom stereocenters. The van der Waals surface area contributed by atoms with E-state index in [0.717, 1.165) is 98.8 Å². The van der Waals surface area contributed by atoms with Crippen LogP contribution in [0.1, 0.15) is 105 Å². The van der Waals surface area contributed by atoms with Crippen LogP contribution in [0.5, 0.6) is 0 Å².